The van der Waals surface area contributed by atoms with Crippen LogP contribution in [0.2, 0.25) is 0 Å². The van der Waals surface area contributed by atoms with E-state index in [-0.39, 0.29) is 30.9 Å². The maximum Gasteiger partial charge on any atom is 0.243 e. The molecule has 1 aliphatic rings. The number of halogens is 2. The van der Waals surface area contributed by atoms with Crippen molar-refractivity contribution in [1.82, 2.24) is 15.5 Å². The Balaban J connectivity index is 1.47. The normalized spacial score (nSPS) is 16.5. The van der Waals surface area contributed by atoms with Crippen LogP contribution in [0.1, 0.15) is 29.5 Å². The van der Waals surface area contributed by atoms with Crippen LogP contribution in [0.15, 0.2) is 72.8 Å². The van der Waals surface area contributed by atoms with Gasteiger partial charge in [0.15, 0.2) is 0 Å². The van der Waals surface area contributed by atoms with Crippen molar-refractivity contribution in [3.63, 3.8) is 0 Å². The van der Waals surface area contributed by atoms with Crippen LogP contribution < -0.4 is 22.1 Å². The number of nitrogens with two attached hydrogens (primary N) is 2. The Labute approximate surface area is 283 Å². The molecular formula is C32H35I2N5O5. The largest absolute Gasteiger partial charge is 0.506 e. The number of hydrogen-bond donors (Lipinski definition) is 5. The lowest BCUT2D eigenvalue weighted by Crippen LogP contribution is -2.58. The van der Waals surface area contributed by atoms with E-state index in [9.17, 15) is 24.3 Å². The summed E-state index contributed by atoms with van der Waals surface area (Å²) in [6.45, 7) is 0.367. The molecule has 1 fully saturated rings. The van der Waals surface area contributed by atoms with E-state index in [1.54, 1.807) is 12.1 Å². The van der Waals surface area contributed by atoms with Crippen LogP contribution >= 0.6 is 45.2 Å². The molecule has 232 valence electrons. The number of carbonyl (C=O) groups excluding carboxylic acids is 4. The highest BCUT2D eigenvalue weighted by Crippen LogP contribution is 2.28. The average Bonchev–Trinajstić information content (AvgIpc) is 3.50. The second-order valence-corrected chi connectivity index (χ2v) is 13.1. The fraction of sp³-hybridized carbons (Fsp3) is 0.312. The third kappa shape index (κ3) is 8.91. The Hall–Kier alpha value is -3.24. The first kappa shape index (κ1) is 33.6. The van der Waals surface area contributed by atoms with Crippen molar-refractivity contribution in [3.8, 4) is 5.75 Å². The van der Waals surface area contributed by atoms with Gasteiger partial charge in [-0.15, -0.1) is 0 Å². The zero-order valence-electron chi connectivity index (χ0n) is 23.9. The van der Waals surface area contributed by atoms with Crippen LogP contribution in [0.4, 0.5) is 0 Å². The van der Waals surface area contributed by atoms with Gasteiger partial charge in [0.2, 0.25) is 23.6 Å². The number of phenolic OH excluding ortho intramolecular Hbond substituents is 1. The van der Waals surface area contributed by atoms with Crippen molar-refractivity contribution in [2.75, 3.05) is 6.54 Å². The number of rotatable bonds is 12. The predicted molar refractivity (Wildman–Crippen MR) is 183 cm³/mol. The SMILES string of the molecule is NC(=O)[C@H](Cc1ccccc1)NC(=O)[C@H](Cc1ccccc1)NC(=O)[C@@H]1CCCN1C(=O)[C@@H](N)Cc1cc(I)c(O)c(I)c1. The van der Waals surface area contributed by atoms with E-state index < -0.39 is 41.9 Å². The molecule has 0 bridgehead atoms. The van der Waals surface area contributed by atoms with Crippen LogP contribution in [-0.4, -0.2) is 64.3 Å². The lowest BCUT2D eigenvalue weighted by Gasteiger charge is -2.29. The van der Waals surface area contributed by atoms with Crippen molar-refractivity contribution in [1.29, 1.82) is 0 Å². The second-order valence-electron chi connectivity index (χ2n) is 10.8. The molecule has 10 nitrogen and oxygen atoms in total. The number of aromatic hydroxyl groups is 1. The molecule has 0 radical (unpaired) electrons. The lowest BCUT2D eigenvalue weighted by molar-refractivity contribution is -0.140. The third-order valence-electron chi connectivity index (χ3n) is 7.55. The molecule has 3 aromatic carbocycles. The molecule has 0 aliphatic carbocycles. The Kier molecular flexibility index (Phi) is 12.0. The first-order valence-corrected chi connectivity index (χ1v) is 16.4. The number of nitrogens with one attached hydrogen (secondary N) is 2. The fourth-order valence-electron chi connectivity index (χ4n) is 5.27. The zero-order chi connectivity index (χ0) is 31.8. The minimum Gasteiger partial charge on any atom is -0.506 e. The molecule has 1 saturated heterocycles. The topological polar surface area (TPSA) is 168 Å². The average molecular weight is 823 g/mol. The van der Waals surface area contributed by atoms with Crippen molar-refractivity contribution < 1.29 is 24.3 Å². The van der Waals surface area contributed by atoms with Crippen LogP contribution in [-0.2, 0) is 38.4 Å². The molecule has 1 heterocycles. The molecule has 0 saturated carbocycles. The molecule has 1 aliphatic heterocycles. The highest BCUT2D eigenvalue weighted by molar-refractivity contribution is 14.1. The second kappa shape index (κ2) is 15.7. The molecule has 44 heavy (non-hydrogen) atoms. The molecule has 3 aromatic rings. The number of likely N-dealkylation sites (tertiary alicyclic amines) is 1. The number of benzene rings is 3. The number of primary amides is 1. The van der Waals surface area contributed by atoms with Gasteiger partial charge in [-0.1, -0.05) is 60.7 Å². The van der Waals surface area contributed by atoms with Crippen LogP contribution in [0, 0.1) is 7.14 Å². The number of amides is 4. The van der Waals surface area contributed by atoms with Gasteiger partial charge in [-0.25, -0.2) is 0 Å². The highest BCUT2D eigenvalue weighted by atomic mass is 127. The summed E-state index contributed by atoms with van der Waals surface area (Å²) in [7, 11) is 0. The van der Waals surface area contributed by atoms with E-state index >= 15 is 0 Å². The number of hydrogen-bond acceptors (Lipinski definition) is 6. The number of phenols is 1. The number of carbonyl (C=O) groups is 4. The summed E-state index contributed by atoms with van der Waals surface area (Å²) in [4.78, 5) is 54.4. The lowest BCUT2D eigenvalue weighted by atomic mass is 10.0. The van der Waals surface area contributed by atoms with Gasteiger partial charge in [-0.3, -0.25) is 19.2 Å². The van der Waals surface area contributed by atoms with Gasteiger partial charge in [0.25, 0.3) is 0 Å². The van der Waals surface area contributed by atoms with Gasteiger partial charge in [0, 0.05) is 19.4 Å². The van der Waals surface area contributed by atoms with Gasteiger partial charge in [0.05, 0.1) is 13.2 Å². The van der Waals surface area contributed by atoms with Gasteiger partial charge in [-0.2, -0.15) is 0 Å². The molecule has 0 spiro atoms. The minimum absolute atomic E-state index is 0.174. The van der Waals surface area contributed by atoms with E-state index in [1.165, 1.54) is 4.90 Å². The van der Waals surface area contributed by atoms with Crippen LogP contribution in [0.25, 0.3) is 0 Å². The predicted octanol–water partition coefficient (Wildman–Crippen LogP) is 2.40. The molecule has 0 unspecified atom stereocenters. The summed E-state index contributed by atoms with van der Waals surface area (Å²) in [5, 5.41) is 15.6. The van der Waals surface area contributed by atoms with Gasteiger partial charge in [-0.05, 0) is 93.3 Å². The fourth-order valence-corrected chi connectivity index (χ4v) is 7.16. The monoisotopic (exact) mass is 823 g/mol. The van der Waals surface area contributed by atoms with Crippen molar-refractivity contribution in [2.45, 2.75) is 56.3 Å². The standard InChI is InChI=1S/C32H35I2N5O5/c33-22-14-21(15-23(34)28(22)40)16-24(35)32(44)39-13-7-12-27(39)31(43)38-26(18-20-10-5-2-6-11-20)30(42)37-25(29(36)41)17-19-8-3-1-4-9-19/h1-6,8-11,14-15,24-27,40H,7,12-13,16-18,35H2,(H2,36,41)(H,37,42)(H,38,43)/t24-,25-,26-,27-/m0/s1. The van der Waals surface area contributed by atoms with Gasteiger partial charge in [0.1, 0.15) is 23.9 Å². The first-order valence-electron chi connectivity index (χ1n) is 14.2. The highest BCUT2D eigenvalue weighted by Gasteiger charge is 2.38. The molecule has 7 N–H and O–H groups in total. The minimum atomic E-state index is -1.02. The molecular weight excluding hydrogens is 788 g/mol. The number of nitrogens with zero attached hydrogens (tertiary/aromatic N) is 1. The molecule has 4 atom stereocenters. The summed E-state index contributed by atoms with van der Waals surface area (Å²) >= 11 is 4.05. The van der Waals surface area contributed by atoms with E-state index in [1.807, 2.05) is 106 Å². The van der Waals surface area contributed by atoms with Gasteiger partial charge >= 0.3 is 0 Å². The van der Waals surface area contributed by atoms with E-state index in [2.05, 4.69) is 10.6 Å². The molecule has 12 heteroatoms. The summed E-state index contributed by atoms with van der Waals surface area (Å²) in [5.74, 6) is -1.88. The summed E-state index contributed by atoms with van der Waals surface area (Å²) in [6, 6.07) is 18.3. The quantitative estimate of drug-likeness (QED) is 0.176. The molecule has 4 amide bonds. The smallest absolute Gasteiger partial charge is 0.243 e. The summed E-state index contributed by atoms with van der Waals surface area (Å²) in [6.07, 6.45) is 1.66. The summed E-state index contributed by atoms with van der Waals surface area (Å²) < 4.78 is 1.32. The van der Waals surface area contributed by atoms with E-state index in [0.29, 0.717) is 26.5 Å². The first-order chi connectivity index (χ1) is 21.0. The maximum absolute atomic E-state index is 13.6. The molecule has 0 aromatic heterocycles. The van der Waals surface area contributed by atoms with Crippen LogP contribution in [0.5, 0.6) is 5.75 Å². The Morgan fingerprint density at radius 2 is 1.39 bits per heavy atom. The zero-order valence-corrected chi connectivity index (χ0v) is 28.2. The van der Waals surface area contributed by atoms with Gasteiger partial charge < -0.3 is 32.1 Å². The van der Waals surface area contributed by atoms with Crippen molar-refractivity contribution >= 4 is 68.8 Å². The van der Waals surface area contributed by atoms with Crippen LogP contribution in [0.3, 0.4) is 0 Å². The molecule has 4 rings (SSSR count). The third-order valence-corrected chi connectivity index (χ3v) is 9.19. The Morgan fingerprint density at radius 1 is 0.841 bits per heavy atom. The summed E-state index contributed by atoms with van der Waals surface area (Å²) in [5.41, 5.74) is 14.4. The van der Waals surface area contributed by atoms with E-state index in [4.69, 9.17) is 11.5 Å². The maximum atomic E-state index is 13.6. The Bertz CT molecular complexity index is 1470. The Morgan fingerprint density at radius 3 is 1.93 bits per heavy atom. The van der Waals surface area contributed by atoms with Crippen molar-refractivity contribution in [3.05, 3.63) is 96.6 Å². The van der Waals surface area contributed by atoms with E-state index in [0.717, 1.165) is 16.7 Å². The van der Waals surface area contributed by atoms with Crippen molar-refractivity contribution in [2.24, 2.45) is 11.5 Å².